The summed E-state index contributed by atoms with van der Waals surface area (Å²) in [6.45, 7) is 3.39. The maximum Gasteiger partial charge on any atom is 0.257 e. The van der Waals surface area contributed by atoms with E-state index in [1.807, 2.05) is 0 Å². The smallest absolute Gasteiger partial charge is 0.257 e. The molecule has 1 aliphatic heterocycles. The number of nitrogens with one attached hydrogen (secondary N) is 2. The first-order chi connectivity index (χ1) is 12.3. The Kier molecular flexibility index (Phi) is 4.73. The van der Waals surface area contributed by atoms with E-state index in [1.54, 1.807) is 31.9 Å². The Balaban J connectivity index is 2.03. The Labute approximate surface area is 153 Å². The molecule has 1 aromatic carbocycles. The van der Waals surface area contributed by atoms with Crippen LogP contribution in [0.15, 0.2) is 40.1 Å². The maximum atomic E-state index is 14.3. The summed E-state index contributed by atoms with van der Waals surface area (Å²) in [4.78, 5) is 14.5. The molecular weight excluding hydrogens is 362 g/mol. The molecule has 1 aromatic heterocycles. The number of carbonyl (C=O) groups excluding carboxylic acids is 1. The van der Waals surface area contributed by atoms with E-state index in [9.17, 15) is 13.6 Å². The van der Waals surface area contributed by atoms with Gasteiger partial charge in [0, 0.05) is 30.4 Å². The van der Waals surface area contributed by atoms with Gasteiger partial charge in [0.1, 0.15) is 17.4 Å². The Morgan fingerprint density at radius 2 is 2.08 bits per heavy atom. The highest BCUT2D eigenvalue weighted by molar-refractivity contribution is 7.80. The summed E-state index contributed by atoms with van der Waals surface area (Å²) >= 11 is 5.25. The molecule has 2 aromatic rings. The number of amides is 1. The molecule has 0 aliphatic carbocycles. The molecule has 0 radical (unpaired) electrons. The van der Waals surface area contributed by atoms with Gasteiger partial charge in [-0.2, -0.15) is 0 Å². The maximum absolute atomic E-state index is 14.3. The second-order valence-corrected chi connectivity index (χ2v) is 6.27. The summed E-state index contributed by atoms with van der Waals surface area (Å²) < 4.78 is 32.5. The van der Waals surface area contributed by atoms with E-state index in [-0.39, 0.29) is 17.0 Å². The summed E-state index contributed by atoms with van der Waals surface area (Å²) in [5.41, 5.74) is 0.898. The second kappa shape index (κ2) is 6.83. The van der Waals surface area contributed by atoms with Crippen LogP contribution in [0.25, 0.3) is 0 Å². The van der Waals surface area contributed by atoms with Gasteiger partial charge in [0.25, 0.3) is 5.91 Å². The Morgan fingerprint density at radius 1 is 1.35 bits per heavy atom. The first kappa shape index (κ1) is 18.0. The van der Waals surface area contributed by atoms with Crippen LogP contribution in [-0.4, -0.2) is 28.1 Å². The molecule has 136 valence electrons. The molecule has 2 heterocycles. The largest absolute Gasteiger partial charge is 0.360 e. The van der Waals surface area contributed by atoms with Crippen LogP contribution in [0.2, 0.25) is 0 Å². The molecular formula is C17H16F2N4O2S. The van der Waals surface area contributed by atoms with Gasteiger partial charge < -0.3 is 20.1 Å². The highest BCUT2D eigenvalue weighted by atomic mass is 32.1. The number of anilines is 1. The van der Waals surface area contributed by atoms with Crippen LogP contribution >= 0.6 is 12.2 Å². The van der Waals surface area contributed by atoms with Crippen LogP contribution in [0.5, 0.6) is 0 Å². The first-order valence-electron chi connectivity index (χ1n) is 7.72. The molecule has 6 nitrogen and oxygen atoms in total. The molecule has 26 heavy (non-hydrogen) atoms. The first-order valence-corrected chi connectivity index (χ1v) is 8.13. The third kappa shape index (κ3) is 3.30. The molecule has 2 N–H and O–H groups in total. The van der Waals surface area contributed by atoms with Crippen LogP contribution in [0, 0.1) is 18.6 Å². The van der Waals surface area contributed by atoms with Gasteiger partial charge in [-0.25, -0.2) is 8.78 Å². The zero-order valence-corrected chi connectivity index (χ0v) is 15.1. The minimum atomic E-state index is -0.868. The van der Waals surface area contributed by atoms with E-state index >= 15 is 0 Å². The van der Waals surface area contributed by atoms with E-state index in [1.165, 1.54) is 6.07 Å². The normalized spacial score (nSPS) is 17.3. The predicted molar refractivity (Wildman–Crippen MR) is 95.2 cm³/mol. The fourth-order valence-corrected chi connectivity index (χ4v) is 2.96. The van der Waals surface area contributed by atoms with Gasteiger partial charge in [-0.1, -0.05) is 11.2 Å². The molecule has 0 saturated carbocycles. The number of aromatic nitrogens is 1. The van der Waals surface area contributed by atoms with Gasteiger partial charge in [0.2, 0.25) is 0 Å². The lowest BCUT2D eigenvalue weighted by Crippen LogP contribution is -2.46. The van der Waals surface area contributed by atoms with Crippen LogP contribution < -0.4 is 10.6 Å². The number of halogens is 2. The average Bonchev–Trinajstić information content (AvgIpc) is 2.97. The Hall–Kier alpha value is -2.81. The number of benzene rings is 1. The minimum Gasteiger partial charge on any atom is -0.360 e. The molecule has 1 unspecified atom stereocenters. The molecule has 9 heteroatoms. The fraction of sp³-hybridized carbons (Fsp3) is 0.235. The quantitative estimate of drug-likeness (QED) is 0.800. The highest BCUT2D eigenvalue weighted by Crippen LogP contribution is 2.32. The van der Waals surface area contributed by atoms with Gasteiger partial charge in [-0.05, 0) is 32.1 Å². The van der Waals surface area contributed by atoms with Crippen LogP contribution in [-0.2, 0) is 4.79 Å². The van der Waals surface area contributed by atoms with E-state index in [4.69, 9.17) is 16.7 Å². The van der Waals surface area contributed by atoms with Crippen molar-refractivity contribution in [2.24, 2.45) is 0 Å². The van der Waals surface area contributed by atoms with E-state index in [2.05, 4.69) is 15.8 Å². The Bertz CT molecular complexity index is 925. The van der Waals surface area contributed by atoms with Gasteiger partial charge in [0.05, 0.1) is 11.6 Å². The van der Waals surface area contributed by atoms with Crippen molar-refractivity contribution in [2.45, 2.75) is 19.9 Å². The number of hydrogen-bond acceptors (Lipinski definition) is 4. The summed E-state index contributed by atoms with van der Waals surface area (Å²) in [6, 6.07) is 3.88. The molecule has 0 spiro atoms. The number of hydrogen-bond donors (Lipinski definition) is 2. The van der Waals surface area contributed by atoms with Crippen molar-refractivity contribution in [3.05, 3.63) is 58.5 Å². The van der Waals surface area contributed by atoms with Crippen molar-refractivity contribution in [1.82, 2.24) is 15.4 Å². The third-order valence-corrected chi connectivity index (χ3v) is 4.53. The summed E-state index contributed by atoms with van der Waals surface area (Å²) in [7, 11) is 1.69. The third-order valence-electron chi connectivity index (χ3n) is 4.14. The second-order valence-electron chi connectivity index (χ2n) is 5.88. The fourth-order valence-electron chi connectivity index (χ4n) is 2.71. The number of aryl methyl sites for hydroxylation is 1. The van der Waals surface area contributed by atoms with Gasteiger partial charge in [-0.15, -0.1) is 0 Å². The van der Waals surface area contributed by atoms with Crippen molar-refractivity contribution in [3.63, 3.8) is 0 Å². The van der Waals surface area contributed by atoms with Crippen molar-refractivity contribution >= 4 is 29.1 Å². The average molecular weight is 378 g/mol. The SMILES string of the molecule is CC1=C(C(=O)Nc2cc(C)on2)C(c2ccc(F)cc2F)NC(=S)N1C. The van der Waals surface area contributed by atoms with Crippen LogP contribution in [0.1, 0.15) is 24.3 Å². The van der Waals surface area contributed by atoms with Crippen molar-refractivity contribution in [3.8, 4) is 0 Å². The lowest BCUT2D eigenvalue weighted by atomic mass is 9.94. The van der Waals surface area contributed by atoms with E-state index < -0.39 is 23.6 Å². The topological polar surface area (TPSA) is 70.4 Å². The van der Waals surface area contributed by atoms with Crippen molar-refractivity contribution in [2.75, 3.05) is 12.4 Å². The van der Waals surface area contributed by atoms with E-state index in [0.29, 0.717) is 16.6 Å². The summed E-state index contributed by atoms with van der Waals surface area (Å²) in [6.07, 6.45) is 0. The van der Waals surface area contributed by atoms with Gasteiger partial charge in [-0.3, -0.25) is 4.79 Å². The van der Waals surface area contributed by atoms with Crippen LogP contribution in [0.4, 0.5) is 14.6 Å². The van der Waals surface area contributed by atoms with E-state index in [0.717, 1.165) is 12.1 Å². The van der Waals surface area contributed by atoms with Crippen molar-refractivity contribution in [1.29, 1.82) is 0 Å². The molecule has 1 atom stereocenters. The number of allylic oxidation sites excluding steroid dienone is 1. The molecule has 1 amide bonds. The van der Waals surface area contributed by atoms with Crippen molar-refractivity contribution < 1.29 is 18.1 Å². The zero-order valence-electron chi connectivity index (χ0n) is 14.3. The summed E-state index contributed by atoms with van der Waals surface area (Å²) in [5, 5.41) is 9.60. The molecule has 0 bridgehead atoms. The number of carbonyl (C=O) groups is 1. The highest BCUT2D eigenvalue weighted by Gasteiger charge is 2.34. The molecule has 1 aliphatic rings. The lowest BCUT2D eigenvalue weighted by molar-refractivity contribution is -0.113. The molecule has 3 rings (SSSR count). The van der Waals surface area contributed by atoms with Gasteiger partial charge >= 0.3 is 0 Å². The number of thiocarbonyl (C=S) groups is 1. The monoisotopic (exact) mass is 378 g/mol. The zero-order chi connectivity index (χ0) is 19.0. The van der Waals surface area contributed by atoms with Gasteiger partial charge in [0.15, 0.2) is 10.9 Å². The standard InChI is InChI=1S/C17H16F2N4O2S/c1-8-6-13(22-25-8)20-16(24)14-9(2)23(3)17(26)21-15(14)11-5-4-10(18)7-12(11)19/h4-7,15H,1-3H3,(H,21,26)(H,20,22,24). The molecule has 0 saturated heterocycles. The predicted octanol–water partition coefficient (Wildman–Crippen LogP) is 3.03. The Morgan fingerprint density at radius 3 is 2.69 bits per heavy atom. The summed E-state index contributed by atoms with van der Waals surface area (Å²) in [5.74, 6) is -1.20. The number of rotatable bonds is 3. The minimum absolute atomic E-state index is 0.114. The number of nitrogens with zero attached hydrogens (tertiary/aromatic N) is 2. The molecule has 0 fully saturated rings. The van der Waals surface area contributed by atoms with Crippen LogP contribution in [0.3, 0.4) is 0 Å². The lowest BCUT2D eigenvalue weighted by Gasteiger charge is -2.35.